The lowest BCUT2D eigenvalue weighted by Crippen LogP contribution is -2.40. The van der Waals surface area contributed by atoms with Crippen LogP contribution in [0.3, 0.4) is 0 Å². The minimum absolute atomic E-state index is 0.177. The molecule has 6 aliphatic carbocycles. The van der Waals surface area contributed by atoms with Gasteiger partial charge in [-0.3, -0.25) is 9.59 Å². The van der Waals surface area contributed by atoms with Crippen molar-refractivity contribution in [3.8, 4) is 0 Å². The van der Waals surface area contributed by atoms with E-state index in [1.54, 1.807) is 0 Å². The Hall–Kier alpha value is -1.78. The van der Waals surface area contributed by atoms with Crippen LogP contribution < -0.4 is 10.6 Å². The van der Waals surface area contributed by atoms with Gasteiger partial charge in [0.2, 0.25) is 11.8 Å². The number of furan rings is 1. The van der Waals surface area contributed by atoms with Crippen LogP contribution in [0.4, 0.5) is 0 Å². The number of nitrogens with one attached hydrogen (secondary N) is 2. The highest BCUT2D eigenvalue weighted by Crippen LogP contribution is 2.70. The Morgan fingerprint density at radius 1 is 0.900 bits per heavy atom. The average Bonchev–Trinajstić information content (AvgIpc) is 3.20. The van der Waals surface area contributed by atoms with E-state index in [0.29, 0.717) is 30.2 Å². The van der Waals surface area contributed by atoms with Crippen LogP contribution in [0, 0.1) is 66.1 Å². The molecule has 6 saturated carbocycles. The minimum Gasteiger partial charge on any atom is -0.464 e. The zero-order valence-electron chi connectivity index (χ0n) is 17.7. The first-order chi connectivity index (χ1) is 14.6. The molecule has 4 bridgehead atoms. The maximum atomic E-state index is 13.1. The second-order valence-corrected chi connectivity index (χ2v) is 11.3. The minimum atomic E-state index is -0.274. The first-order valence-corrected chi connectivity index (χ1v) is 12.2. The van der Waals surface area contributed by atoms with Crippen LogP contribution in [0.5, 0.6) is 0 Å². The quantitative estimate of drug-likeness (QED) is 0.757. The number of hydrogen-bond donors (Lipinski definition) is 2. The van der Waals surface area contributed by atoms with Gasteiger partial charge < -0.3 is 15.1 Å². The Balaban J connectivity index is 1.02. The van der Waals surface area contributed by atoms with Crippen LogP contribution in [0.1, 0.15) is 56.1 Å². The molecule has 1 aromatic rings. The zero-order valence-corrected chi connectivity index (χ0v) is 17.7. The summed E-state index contributed by atoms with van der Waals surface area (Å²) in [5.41, 5.74) is 0. The first kappa shape index (κ1) is 17.9. The van der Waals surface area contributed by atoms with E-state index in [-0.39, 0.29) is 29.7 Å². The molecule has 0 radical (unpaired) electrons. The molecule has 6 fully saturated rings. The SMILES string of the molecule is Cc1ccc([C@H](CNC(=O)C2[C@@H]3[C@H]4CC[C@@H](C4)[C@H]23)NC(=O)C2[C@@H]3[C@H]4CC[C@@H](C4)[C@H]23)o1. The highest BCUT2D eigenvalue weighted by Gasteiger charge is 2.68. The lowest BCUT2D eigenvalue weighted by molar-refractivity contribution is -0.126. The van der Waals surface area contributed by atoms with Gasteiger partial charge >= 0.3 is 0 Å². The summed E-state index contributed by atoms with van der Waals surface area (Å²) in [4.78, 5) is 26.0. The summed E-state index contributed by atoms with van der Waals surface area (Å²) in [6.45, 7) is 2.35. The Bertz CT molecular complexity index is 876. The number of rotatable bonds is 6. The lowest BCUT2D eigenvalue weighted by atomic mass is 10.0. The molecule has 0 saturated heterocycles. The summed E-state index contributed by atoms with van der Waals surface area (Å²) in [6.07, 6.45) is 7.99. The zero-order chi connectivity index (χ0) is 20.1. The van der Waals surface area contributed by atoms with Crippen LogP contribution in [0.15, 0.2) is 16.5 Å². The van der Waals surface area contributed by atoms with Crippen LogP contribution in [-0.4, -0.2) is 18.4 Å². The van der Waals surface area contributed by atoms with Gasteiger partial charge in [-0.1, -0.05) is 0 Å². The van der Waals surface area contributed by atoms with Gasteiger partial charge in [0.05, 0.1) is 0 Å². The van der Waals surface area contributed by atoms with E-state index >= 15 is 0 Å². The van der Waals surface area contributed by atoms with Gasteiger partial charge in [-0.25, -0.2) is 0 Å². The summed E-state index contributed by atoms with van der Waals surface area (Å²) >= 11 is 0. The van der Waals surface area contributed by atoms with Crippen molar-refractivity contribution in [3.63, 3.8) is 0 Å². The normalized spacial score (nSPS) is 47.0. The van der Waals surface area contributed by atoms with Gasteiger partial charge in [0.1, 0.15) is 17.6 Å². The summed E-state index contributed by atoms with van der Waals surface area (Å²) in [6, 6.07) is 3.60. The number of carbonyl (C=O) groups is 2. The largest absolute Gasteiger partial charge is 0.464 e. The van der Waals surface area contributed by atoms with E-state index in [1.165, 1.54) is 38.5 Å². The Labute approximate surface area is 177 Å². The average molecular weight is 409 g/mol. The lowest BCUT2D eigenvalue weighted by Gasteiger charge is -2.19. The fraction of sp³-hybridized carbons (Fsp3) is 0.760. The topological polar surface area (TPSA) is 71.3 Å². The second-order valence-electron chi connectivity index (χ2n) is 11.3. The number of aryl methyl sites for hydroxylation is 1. The number of fused-ring (bicyclic) bond motifs is 10. The van der Waals surface area contributed by atoms with Crippen molar-refractivity contribution in [2.45, 2.75) is 51.5 Å². The molecule has 2 amide bonds. The fourth-order valence-corrected chi connectivity index (χ4v) is 8.80. The standard InChI is InChI=1S/C25H32N2O3/c1-11-2-7-17(30-11)16(27-25(29)23-20-14-5-6-15(9-14)21(20)23)10-26-24(28)22-18-12-3-4-13(8-12)19(18)22/h2,7,12-16,18-23H,3-6,8-10H2,1H3,(H,26,28)(H,27,29)/t12-,13-,14-,15-,16-,18-,19+,20-,21+,22?,23?/m0/s1. The Morgan fingerprint density at radius 3 is 1.93 bits per heavy atom. The summed E-state index contributed by atoms with van der Waals surface area (Å²) in [7, 11) is 0. The molecule has 2 N–H and O–H groups in total. The second kappa shape index (κ2) is 6.14. The predicted octanol–water partition coefficient (Wildman–Crippen LogP) is 3.45. The molecule has 160 valence electrons. The number of hydrogen-bond acceptors (Lipinski definition) is 3. The third-order valence-electron chi connectivity index (χ3n) is 9.98. The van der Waals surface area contributed by atoms with Gasteiger partial charge in [0.25, 0.3) is 0 Å². The van der Waals surface area contributed by atoms with Crippen LogP contribution in [0.25, 0.3) is 0 Å². The highest BCUT2D eigenvalue weighted by molar-refractivity contribution is 5.84. The van der Waals surface area contributed by atoms with Crippen molar-refractivity contribution in [3.05, 3.63) is 23.7 Å². The molecule has 0 aliphatic heterocycles. The third kappa shape index (κ3) is 2.47. The van der Waals surface area contributed by atoms with Crippen LogP contribution in [0.2, 0.25) is 0 Å². The summed E-state index contributed by atoms with van der Waals surface area (Å²) in [5.74, 6) is 8.08. The molecular formula is C25H32N2O3. The molecule has 0 aromatic carbocycles. The fourth-order valence-electron chi connectivity index (χ4n) is 8.80. The van der Waals surface area contributed by atoms with E-state index < -0.39 is 0 Å². The summed E-state index contributed by atoms with van der Waals surface area (Å²) < 4.78 is 5.86. The number of amides is 2. The maximum absolute atomic E-state index is 13.1. The van der Waals surface area contributed by atoms with Gasteiger partial charge in [-0.05, 0) is 105 Å². The van der Waals surface area contributed by atoms with Crippen LogP contribution >= 0.6 is 0 Å². The van der Waals surface area contributed by atoms with Gasteiger partial charge in [0.15, 0.2) is 0 Å². The Morgan fingerprint density at radius 2 is 1.43 bits per heavy atom. The third-order valence-corrected chi connectivity index (χ3v) is 9.98. The molecular weight excluding hydrogens is 376 g/mol. The maximum Gasteiger partial charge on any atom is 0.224 e. The molecule has 1 heterocycles. The molecule has 2 unspecified atom stereocenters. The van der Waals surface area contributed by atoms with E-state index in [4.69, 9.17) is 4.42 Å². The molecule has 11 atom stereocenters. The smallest absolute Gasteiger partial charge is 0.224 e. The van der Waals surface area contributed by atoms with E-state index in [2.05, 4.69) is 10.6 Å². The van der Waals surface area contributed by atoms with Crippen molar-refractivity contribution < 1.29 is 14.0 Å². The first-order valence-electron chi connectivity index (χ1n) is 12.2. The summed E-state index contributed by atoms with van der Waals surface area (Å²) in [5, 5.41) is 6.43. The molecule has 0 spiro atoms. The Kier molecular flexibility index (Phi) is 3.65. The highest BCUT2D eigenvalue weighted by atomic mass is 16.3. The van der Waals surface area contributed by atoms with Crippen LogP contribution in [-0.2, 0) is 9.59 Å². The predicted molar refractivity (Wildman–Crippen MR) is 110 cm³/mol. The molecule has 6 aliphatic rings. The molecule has 1 aromatic heterocycles. The molecule has 30 heavy (non-hydrogen) atoms. The van der Waals surface area contributed by atoms with Crippen molar-refractivity contribution in [1.82, 2.24) is 10.6 Å². The monoisotopic (exact) mass is 408 g/mol. The molecule has 7 rings (SSSR count). The van der Waals surface area contributed by atoms with E-state index in [0.717, 1.165) is 35.2 Å². The van der Waals surface area contributed by atoms with Crippen molar-refractivity contribution in [2.75, 3.05) is 6.54 Å². The van der Waals surface area contributed by atoms with Gasteiger partial charge in [0, 0.05) is 18.4 Å². The van der Waals surface area contributed by atoms with Crippen molar-refractivity contribution in [2.24, 2.45) is 59.2 Å². The van der Waals surface area contributed by atoms with Crippen molar-refractivity contribution >= 4 is 11.8 Å². The molecule has 5 heteroatoms. The molecule has 5 nitrogen and oxygen atoms in total. The van der Waals surface area contributed by atoms with Gasteiger partial charge in [-0.15, -0.1) is 0 Å². The van der Waals surface area contributed by atoms with Crippen molar-refractivity contribution in [1.29, 1.82) is 0 Å². The van der Waals surface area contributed by atoms with Gasteiger partial charge in [-0.2, -0.15) is 0 Å². The number of carbonyl (C=O) groups excluding carboxylic acids is 2. The van der Waals surface area contributed by atoms with E-state index in [1.807, 2.05) is 19.1 Å². The van der Waals surface area contributed by atoms with E-state index in [9.17, 15) is 9.59 Å².